The lowest BCUT2D eigenvalue weighted by atomic mass is 10.1. The summed E-state index contributed by atoms with van der Waals surface area (Å²) in [5, 5.41) is 2.93. The van der Waals surface area contributed by atoms with Gasteiger partial charge >= 0.3 is 0 Å². The molecule has 2 amide bonds. The van der Waals surface area contributed by atoms with Crippen molar-refractivity contribution in [2.45, 2.75) is 26.8 Å². The first-order valence-electron chi connectivity index (χ1n) is 8.32. The summed E-state index contributed by atoms with van der Waals surface area (Å²) in [6.45, 7) is 5.04. The van der Waals surface area contributed by atoms with Crippen LogP contribution in [0.3, 0.4) is 0 Å². The molecule has 0 bridgehead atoms. The van der Waals surface area contributed by atoms with E-state index in [1.165, 1.54) is 5.56 Å². The van der Waals surface area contributed by atoms with Crippen LogP contribution in [0, 0.1) is 19.8 Å². The van der Waals surface area contributed by atoms with Gasteiger partial charge in [-0.25, -0.2) is 0 Å². The molecule has 0 aromatic heterocycles. The van der Waals surface area contributed by atoms with Crippen molar-refractivity contribution in [2.75, 3.05) is 11.9 Å². The molecular formula is C20H21BrN2O2. The van der Waals surface area contributed by atoms with Gasteiger partial charge in [0.2, 0.25) is 11.8 Å². The standard InChI is InChI=1S/C20H21BrN2O2/c1-13-3-6-15(7-4-13)11-23-12-16(10-19(23)24)20(25)22-18-8-5-14(2)9-17(18)21/h3-9,16H,10-12H2,1-2H3,(H,22,25). The predicted octanol–water partition coefficient (Wildman–Crippen LogP) is 4.05. The Morgan fingerprint density at radius 2 is 1.84 bits per heavy atom. The van der Waals surface area contributed by atoms with E-state index >= 15 is 0 Å². The van der Waals surface area contributed by atoms with E-state index in [-0.39, 0.29) is 24.2 Å². The summed E-state index contributed by atoms with van der Waals surface area (Å²) in [6, 6.07) is 13.9. The van der Waals surface area contributed by atoms with Crippen molar-refractivity contribution in [2.24, 2.45) is 5.92 Å². The lowest BCUT2D eigenvalue weighted by Gasteiger charge is -2.17. The number of aryl methyl sites for hydroxylation is 2. The van der Waals surface area contributed by atoms with Crippen LogP contribution in [0.4, 0.5) is 5.69 Å². The van der Waals surface area contributed by atoms with Crippen LogP contribution < -0.4 is 5.32 Å². The number of anilines is 1. The number of hydrogen-bond acceptors (Lipinski definition) is 2. The maximum Gasteiger partial charge on any atom is 0.229 e. The number of benzene rings is 2. The minimum Gasteiger partial charge on any atom is -0.338 e. The second-order valence-electron chi connectivity index (χ2n) is 6.63. The van der Waals surface area contributed by atoms with Gasteiger partial charge in [0, 0.05) is 24.0 Å². The van der Waals surface area contributed by atoms with Crippen molar-refractivity contribution < 1.29 is 9.59 Å². The quantitative estimate of drug-likeness (QED) is 0.841. The van der Waals surface area contributed by atoms with Crippen molar-refractivity contribution in [3.8, 4) is 0 Å². The largest absolute Gasteiger partial charge is 0.338 e. The zero-order valence-corrected chi connectivity index (χ0v) is 16.0. The number of nitrogens with one attached hydrogen (secondary N) is 1. The molecule has 1 unspecified atom stereocenters. The second kappa shape index (κ2) is 7.40. The lowest BCUT2D eigenvalue weighted by molar-refractivity contribution is -0.128. The van der Waals surface area contributed by atoms with Gasteiger partial charge in [-0.05, 0) is 53.0 Å². The summed E-state index contributed by atoms with van der Waals surface area (Å²) < 4.78 is 0.849. The molecule has 1 saturated heterocycles. The highest BCUT2D eigenvalue weighted by Crippen LogP contribution is 2.26. The molecule has 2 aromatic carbocycles. The maximum absolute atomic E-state index is 12.5. The number of carbonyl (C=O) groups excluding carboxylic acids is 2. The number of nitrogens with zero attached hydrogens (tertiary/aromatic N) is 1. The van der Waals surface area contributed by atoms with Crippen molar-refractivity contribution in [1.29, 1.82) is 0 Å². The Kier molecular flexibility index (Phi) is 5.23. The van der Waals surface area contributed by atoms with Crippen LogP contribution in [0.25, 0.3) is 0 Å². The summed E-state index contributed by atoms with van der Waals surface area (Å²) in [5.41, 5.74) is 4.13. The third kappa shape index (κ3) is 4.28. The highest BCUT2D eigenvalue weighted by Gasteiger charge is 2.34. The molecular weight excluding hydrogens is 380 g/mol. The summed E-state index contributed by atoms with van der Waals surface area (Å²) >= 11 is 3.47. The molecule has 4 nitrogen and oxygen atoms in total. The molecule has 1 atom stereocenters. The number of halogens is 1. The normalized spacial score (nSPS) is 17.0. The number of carbonyl (C=O) groups is 2. The van der Waals surface area contributed by atoms with Crippen LogP contribution in [0.15, 0.2) is 46.9 Å². The van der Waals surface area contributed by atoms with E-state index in [0.29, 0.717) is 13.1 Å². The summed E-state index contributed by atoms with van der Waals surface area (Å²) in [6.07, 6.45) is 0.265. The fourth-order valence-electron chi connectivity index (χ4n) is 2.97. The molecule has 0 saturated carbocycles. The van der Waals surface area contributed by atoms with E-state index in [2.05, 4.69) is 21.2 Å². The van der Waals surface area contributed by atoms with Crippen molar-refractivity contribution in [1.82, 2.24) is 4.90 Å². The Morgan fingerprint density at radius 1 is 1.16 bits per heavy atom. The Hall–Kier alpha value is -2.14. The molecule has 0 radical (unpaired) electrons. The summed E-state index contributed by atoms with van der Waals surface area (Å²) in [7, 11) is 0. The Bertz CT molecular complexity index is 802. The topological polar surface area (TPSA) is 49.4 Å². The van der Waals surface area contributed by atoms with Crippen LogP contribution in [-0.4, -0.2) is 23.3 Å². The first-order valence-corrected chi connectivity index (χ1v) is 9.12. The molecule has 5 heteroatoms. The van der Waals surface area contributed by atoms with Crippen molar-refractivity contribution in [3.63, 3.8) is 0 Å². The van der Waals surface area contributed by atoms with E-state index < -0.39 is 0 Å². The average Bonchev–Trinajstić information content (AvgIpc) is 2.93. The first kappa shape index (κ1) is 17.7. The Labute approximate surface area is 156 Å². The lowest BCUT2D eigenvalue weighted by Crippen LogP contribution is -2.28. The van der Waals surface area contributed by atoms with E-state index in [0.717, 1.165) is 21.3 Å². The van der Waals surface area contributed by atoms with Crippen LogP contribution in [-0.2, 0) is 16.1 Å². The van der Waals surface area contributed by atoms with Gasteiger partial charge in [0.25, 0.3) is 0 Å². The number of rotatable bonds is 4. The van der Waals surface area contributed by atoms with Gasteiger partial charge in [-0.2, -0.15) is 0 Å². The molecule has 130 valence electrons. The summed E-state index contributed by atoms with van der Waals surface area (Å²) in [4.78, 5) is 26.6. The van der Waals surface area contributed by atoms with E-state index in [9.17, 15) is 9.59 Å². The Morgan fingerprint density at radius 3 is 2.52 bits per heavy atom. The molecule has 1 N–H and O–H groups in total. The minimum absolute atomic E-state index is 0.0312. The average molecular weight is 401 g/mol. The van der Waals surface area contributed by atoms with Gasteiger partial charge in [-0.3, -0.25) is 9.59 Å². The molecule has 25 heavy (non-hydrogen) atoms. The highest BCUT2D eigenvalue weighted by molar-refractivity contribution is 9.10. The van der Waals surface area contributed by atoms with Gasteiger partial charge in [0.15, 0.2) is 0 Å². The van der Waals surface area contributed by atoms with Gasteiger partial charge in [0.1, 0.15) is 0 Å². The van der Waals surface area contributed by atoms with Crippen LogP contribution >= 0.6 is 15.9 Å². The fraction of sp³-hybridized carbons (Fsp3) is 0.300. The van der Waals surface area contributed by atoms with Gasteiger partial charge in [-0.1, -0.05) is 35.9 Å². The fourth-order valence-corrected chi connectivity index (χ4v) is 3.56. The zero-order chi connectivity index (χ0) is 18.0. The van der Waals surface area contributed by atoms with Crippen LogP contribution in [0.2, 0.25) is 0 Å². The van der Waals surface area contributed by atoms with Crippen LogP contribution in [0.5, 0.6) is 0 Å². The third-order valence-corrected chi connectivity index (χ3v) is 5.12. The SMILES string of the molecule is Cc1ccc(CN2CC(C(=O)Nc3ccc(C)cc3Br)CC2=O)cc1. The van der Waals surface area contributed by atoms with Gasteiger partial charge in [-0.15, -0.1) is 0 Å². The molecule has 2 aromatic rings. The van der Waals surface area contributed by atoms with E-state index in [4.69, 9.17) is 0 Å². The number of hydrogen-bond donors (Lipinski definition) is 1. The monoisotopic (exact) mass is 400 g/mol. The van der Waals surface area contributed by atoms with Crippen molar-refractivity contribution in [3.05, 3.63) is 63.6 Å². The molecule has 1 heterocycles. The Balaban J connectivity index is 1.63. The second-order valence-corrected chi connectivity index (χ2v) is 7.49. The number of amides is 2. The van der Waals surface area contributed by atoms with Gasteiger partial charge < -0.3 is 10.2 Å². The molecule has 0 aliphatic carbocycles. The highest BCUT2D eigenvalue weighted by atomic mass is 79.9. The van der Waals surface area contributed by atoms with E-state index in [1.807, 2.05) is 56.3 Å². The molecule has 1 aliphatic rings. The molecule has 1 fully saturated rings. The molecule has 1 aliphatic heterocycles. The maximum atomic E-state index is 12.5. The molecule has 0 spiro atoms. The van der Waals surface area contributed by atoms with Gasteiger partial charge in [0.05, 0.1) is 11.6 Å². The zero-order valence-electron chi connectivity index (χ0n) is 14.4. The smallest absolute Gasteiger partial charge is 0.229 e. The van der Waals surface area contributed by atoms with Crippen molar-refractivity contribution >= 4 is 33.4 Å². The predicted molar refractivity (Wildman–Crippen MR) is 102 cm³/mol. The minimum atomic E-state index is -0.314. The summed E-state index contributed by atoms with van der Waals surface area (Å²) in [5.74, 6) is -0.390. The molecule has 3 rings (SSSR count). The number of likely N-dealkylation sites (tertiary alicyclic amines) is 1. The first-order chi connectivity index (χ1) is 11.9. The van der Waals surface area contributed by atoms with Crippen LogP contribution in [0.1, 0.15) is 23.1 Å². The third-order valence-electron chi connectivity index (χ3n) is 4.46. The van der Waals surface area contributed by atoms with E-state index in [1.54, 1.807) is 4.90 Å².